The number of urea groups is 1. The van der Waals surface area contributed by atoms with Crippen LogP contribution in [0.25, 0.3) is 16.8 Å². The predicted octanol–water partition coefficient (Wildman–Crippen LogP) is 6.77. The van der Waals surface area contributed by atoms with Crippen LogP contribution in [0.1, 0.15) is 11.1 Å². The molecule has 0 spiro atoms. The third kappa shape index (κ3) is 4.64. The zero-order chi connectivity index (χ0) is 23.7. The SMILES string of the molecule is O=C1N/C(=C/c2ccc(OCc3ccc4ccccc4c3)c(I)c2)C(=O)N1c1ccc(Cl)cc1. The largest absolute Gasteiger partial charge is 0.488 e. The molecule has 168 valence electrons. The summed E-state index contributed by atoms with van der Waals surface area (Å²) in [6.07, 6.45) is 1.66. The van der Waals surface area contributed by atoms with E-state index in [0.29, 0.717) is 17.3 Å². The second-order valence-corrected chi connectivity index (χ2v) is 9.36. The second-order valence-electron chi connectivity index (χ2n) is 7.77. The van der Waals surface area contributed by atoms with Gasteiger partial charge in [0, 0.05) is 5.02 Å². The topological polar surface area (TPSA) is 58.6 Å². The maximum Gasteiger partial charge on any atom is 0.333 e. The van der Waals surface area contributed by atoms with Crippen LogP contribution in [0.2, 0.25) is 5.02 Å². The average Bonchev–Trinajstić information content (AvgIpc) is 3.11. The molecule has 1 aliphatic heterocycles. The molecular formula is C27H18ClIN2O3. The minimum Gasteiger partial charge on any atom is -0.488 e. The zero-order valence-electron chi connectivity index (χ0n) is 17.8. The quantitative estimate of drug-likeness (QED) is 0.161. The summed E-state index contributed by atoms with van der Waals surface area (Å²) >= 11 is 8.11. The van der Waals surface area contributed by atoms with Crippen molar-refractivity contribution in [3.8, 4) is 5.75 Å². The summed E-state index contributed by atoms with van der Waals surface area (Å²) in [5.74, 6) is 0.333. The highest BCUT2D eigenvalue weighted by Crippen LogP contribution is 2.27. The van der Waals surface area contributed by atoms with E-state index in [9.17, 15) is 9.59 Å². The van der Waals surface area contributed by atoms with Gasteiger partial charge in [0.1, 0.15) is 18.1 Å². The molecule has 34 heavy (non-hydrogen) atoms. The lowest BCUT2D eigenvalue weighted by molar-refractivity contribution is -0.113. The van der Waals surface area contributed by atoms with E-state index in [2.05, 4.69) is 58.2 Å². The van der Waals surface area contributed by atoms with E-state index >= 15 is 0 Å². The molecule has 1 fully saturated rings. The summed E-state index contributed by atoms with van der Waals surface area (Å²) in [5.41, 5.74) is 2.54. The van der Waals surface area contributed by atoms with E-state index in [-0.39, 0.29) is 5.70 Å². The number of imide groups is 1. The van der Waals surface area contributed by atoms with E-state index in [4.69, 9.17) is 16.3 Å². The number of nitrogens with zero attached hydrogens (tertiary/aromatic N) is 1. The Morgan fingerprint density at radius 3 is 2.44 bits per heavy atom. The Morgan fingerprint density at radius 2 is 1.68 bits per heavy atom. The number of benzene rings is 4. The molecule has 4 aromatic rings. The highest BCUT2D eigenvalue weighted by atomic mass is 127. The summed E-state index contributed by atoms with van der Waals surface area (Å²) in [7, 11) is 0. The first kappa shape index (κ1) is 22.4. The van der Waals surface area contributed by atoms with Crippen molar-refractivity contribution < 1.29 is 14.3 Å². The highest BCUT2D eigenvalue weighted by Gasteiger charge is 2.34. The lowest BCUT2D eigenvalue weighted by atomic mass is 10.1. The number of anilines is 1. The molecule has 3 amide bonds. The van der Waals surface area contributed by atoms with Crippen LogP contribution in [0.4, 0.5) is 10.5 Å². The molecule has 7 heteroatoms. The summed E-state index contributed by atoms with van der Waals surface area (Å²) in [5, 5.41) is 5.55. The number of nitrogens with one attached hydrogen (secondary N) is 1. The van der Waals surface area contributed by atoms with Gasteiger partial charge >= 0.3 is 6.03 Å². The molecule has 5 rings (SSSR count). The van der Waals surface area contributed by atoms with Crippen molar-refractivity contribution in [3.63, 3.8) is 0 Å². The van der Waals surface area contributed by atoms with Gasteiger partial charge in [0.05, 0.1) is 9.26 Å². The smallest absolute Gasteiger partial charge is 0.333 e. The zero-order valence-corrected chi connectivity index (χ0v) is 20.7. The number of hydrogen-bond acceptors (Lipinski definition) is 3. The Kier molecular flexibility index (Phi) is 6.26. The first-order chi connectivity index (χ1) is 16.5. The van der Waals surface area contributed by atoms with Crippen LogP contribution in [0.5, 0.6) is 5.75 Å². The average molecular weight is 581 g/mol. The molecule has 0 aliphatic carbocycles. The monoisotopic (exact) mass is 580 g/mol. The van der Waals surface area contributed by atoms with Crippen molar-refractivity contribution in [2.45, 2.75) is 6.61 Å². The van der Waals surface area contributed by atoms with Crippen LogP contribution < -0.4 is 15.0 Å². The molecular weight excluding hydrogens is 563 g/mol. The van der Waals surface area contributed by atoms with Gasteiger partial charge in [-0.2, -0.15) is 0 Å². The van der Waals surface area contributed by atoms with Crippen LogP contribution in [-0.4, -0.2) is 11.9 Å². The van der Waals surface area contributed by atoms with Crippen LogP contribution in [-0.2, 0) is 11.4 Å². The fourth-order valence-corrected chi connectivity index (χ4v) is 4.56. The first-order valence-corrected chi connectivity index (χ1v) is 12.0. The van der Waals surface area contributed by atoms with Gasteiger partial charge in [0.15, 0.2) is 0 Å². The molecule has 1 aliphatic rings. The normalized spacial score (nSPS) is 14.6. The Hall–Kier alpha value is -3.36. The van der Waals surface area contributed by atoms with Gasteiger partial charge in [0.2, 0.25) is 0 Å². The van der Waals surface area contributed by atoms with Crippen molar-refractivity contribution in [1.29, 1.82) is 0 Å². The minimum atomic E-state index is -0.497. The van der Waals surface area contributed by atoms with E-state index in [1.807, 2.05) is 30.3 Å². The third-order valence-corrected chi connectivity index (χ3v) is 6.53. The van der Waals surface area contributed by atoms with E-state index < -0.39 is 11.9 Å². The number of ether oxygens (including phenoxy) is 1. The lowest BCUT2D eigenvalue weighted by Crippen LogP contribution is -2.30. The van der Waals surface area contributed by atoms with Gasteiger partial charge in [-0.1, -0.05) is 54.1 Å². The summed E-state index contributed by atoms with van der Waals surface area (Å²) in [4.78, 5) is 26.3. The molecule has 0 unspecified atom stereocenters. The number of carbonyl (C=O) groups is 2. The van der Waals surface area contributed by atoms with E-state index in [1.165, 1.54) is 10.8 Å². The molecule has 1 saturated heterocycles. The maximum absolute atomic E-state index is 12.8. The fraction of sp³-hybridized carbons (Fsp3) is 0.0370. The van der Waals surface area contributed by atoms with E-state index in [1.54, 1.807) is 30.3 Å². The summed E-state index contributed by atoms with van der Waals surface area (Å²) in [6.45, 7) is 0.450. The molecule has 4 aromatic carbocycles. The van der Waals surface area contributed by atoms with Gasteiger partial charge in [0.25, 0.3) is 5.91 Å². The first-order valence-electron chi connectivity index (χ1n) is 10.5. The van der Waals surface area contributed by atoms with Gasteiger partial charge in [-0.05, 0) is 93.0 Å². The van der Waals surface area contributed by atoms with Crippen LogP contribution in [0.3, 0.4) is 0 Å². The van der Waals surface area contributed by atoms with Gasteiger partial charge in [-0.3, -0.25) is 4.79 Å². The maximum atomic E-state index is 12.8. The van der Waals surface area contributed by atoms with E-state index in [0.717, 1.165) is 25.3 Å². The predicted molar refractivity (Wildman–Crippen MR) is 143 cm³/mol. The van der Waals surface area contributed by atoms with Crippen molar-refractivity contribution in [2.75, 3.05) is 4.90 Å². The number of halogens is 2. The van der Waals surface area contributed by atoms with Crippen LogP contribution in [0.15, 0.2) is 90.6 Å². The number of rotatable bonds is 5. The van der Waals surface area contributed by atoms with Crippen molar-refractivity contribution in [3.05, 3.63) is 110 Å². The Balaban J connectivity index is 1.30. The van der Waals surface area contributed by atoms with Gasteiger partial charge < -0.3 is 10.1 Å². The minimum absolute atomic E-state index is 0.209. The molecule has 1 N–H and O–H groups in total. The van der Waals surface area contributed by atoms with Crippen molar-refractivity contribution in [1.82, 2.24) is 5.32 Å². The Morgan fingerprint density at radius 1 is 0.912 bits per heavy atom. The summed E-state index contributed by atoms with van der Waals surface area (Å²) < 4.78 is 6.94. The number of hydrogen-bond donors (Lipinski definition) is 1. The Bertz CT molecular complexity index is 1450. The van der Waals surface area contributed by atoms with Crippen molar-refractivity contribution in [2.24, 2.45) is 0 Å². The molecule has 0 atom stereocenters. The fourth-order valence-electron chi connectivity index (χ4n) is 3.74. The third-order valence-electron chi connectivity index (χ3n) is 5.44. The molecule has 0 bridgehead atoms. The number of carbonyl (C=O) groups excluding carboxylic acids is 2. The summed E-state index contributed by atoms with van der Waals surface area (Å²) in [6, 6.07) is 26.2. The molecule has 0 radical (unpaired) electrons. The molecule has 0 saturated carbocycles. The Labute approximate surface area is 215 Å². The standard InChI is InChI=1S/C27H18ClIN2O3/c28-21-8-10-22(11-9-21)31-26(32)24(30-27(31)33)15-17-6-12-25(23(29)14-17)34-16-18-5-7-19-3-1-2-4-20(19)13-18/h1-15H,16H2,(H,30,33)/b24-15+. The van der Waals surface area contributed by atoms with Gasteiger partial charge in [-0.25, -0.2) is 9.69 Å². The molecule has 1 heterocycles. The lowest BCUT2D eigenvalue weighted by Gasteiger charge is -2.11. The number of fused-ring (bicyclic) bond motifs is 1. The van der Waals surface area contributed by atoms with Crippen LogP contribution >= 0.6 is 34.2 Å². The second kappa shape index (κ2) is 9.48. The van der Waals surface area contributed by atoms with Gasteiger partial charge in [-0.15, -0.1) is 0 Å². The molecule has 0 aromatic heterocycles. The number of amides is 3. The highest BCUT2D eigenvalue weighted by molar-refractivity contribution is 14.1. The van der Waals surface area contributed by atoms with Crippen LogP contribution in [0, 0.1) is 3.57 Å². The molecule has 5 nitrogen and oxygen atoms in total. The van der Waals surface area contributed by atoms with Crippen molar-refractivity contribution >= 4 is 68.7 Å².